The molecule has 116 valence electrons. The first-order valence-corrected chi connectivity index (χ1v) is 7.37. The quantitative estimate of drug-likeness (QED) is 0.217. The number of nitrogens with zero attached hydrogens (tertiary/aromatic N) is 1. The SMILES string of the molecule is CC(C)COCCNC(=O)C1(C(N)=NO)CCCCC1. The topological polar surface area (TPSA) is 96.9 Å². The van der Waals surface area contributed by atoms with Gasteiger partial charge in [0.25, 0.3) is 0 Å². The molecule has 1 aliphatic rings. The number of ether oxygens (including phenoxy) is 1. The van der Waals surface area contributed by atoms with E-state index >= 15 is 0 Å². The summed E-state index contributed by atoms with van der Waals surface area (Å²) >= 11 is 0. The zero-order valence-electron chi connectivity index (χ0n) is 12.5. The zero-order valence-corrected chi connectivity index (χ0v) is 12.5. The number of carbonyl (C=O) groups excluding carboxylic acids is 1. The molecule has 0 aromatic rings. The molecule has 6 heteroatoms. The van der Waals surface area contributed by atoms with Gasteiger partial charge >= 0.3 is 0 Å². The molecule has 1 fully saturated rings. The molecule has 0 atom stereocenters. The molecule has 4 N–H and O–H groups in total. The summed E-state index contributed by atoms with van der Waals surface area (Å²) in [4.78, 5) is 12.4. The average Bonchev–Trinajstić information content (AvgIpc) is 2.46. The van der Waals surface area contributed by atoms with Crippen LogP contribution in [0.5, 0.6) is 0 Å². The number of nitrogens with one attached hydrogen (secondary N) is 1. The predicted octanol–water partition coefficient (Wildman–Crippen LogP) is 1.47. The Labute approximate surface area is 120 Å². The van der Waals surface area contributed by atoms with Gasteiger partial charge in [-0.25, -0.2) is 0 Å². The van der Waals surface area contributed by atoms with Gasteiger partial charge in [0.1, 0.15) is 5.41 Å². The highest BCUT2D eigenvalue weighted by Gasteiger charge is 2.43. The van der Waals surface area contributed by atoms with E-state index in [-0.39, 0.29) is 11.7 Å². The summed E-state index contributed by atoms with van der Waals surface area (Å²) in [5.74, 6) is 0.353. The highest BCUT2D eigenvalue weighted by Crippen LogP contribution is 2.36. The van der Waals surface area contributed by atoms with Crippen LogP contribution in [-0.4, -0.2) is 36.7 Å². The van der Waals surface area contributed by atoms with Crippen molar-refractivity contribution in [3.05, 3.63) is 0 Å². The summed E-state index contributed by atoms with van der Waals surface area (Å²) in [6, 6.07) is 0. The third-order valence-corrected chi connectivity index (χ3v) is 3.72. The van der Waals surface area contributed by atoms with Gasteiger partial charge in [0.15, 0.2) is 5.84 Å². The van der Waals surface area contributed by atoms with Crippen LogP contribution < -0.4 is 11.1 Å². The summed E-state index contributed by atoms with van der Waals surface area (Å²) in [6.07, 6.45) is 4.22. The van der Waals surface area contributed by atoms with Crippen molar-refractivity contribution in [2.45, 2.75) is 46.0 Å². The van der Waals surface area contributed by atoms with E-state index in [0.717, 1.165) is 19.3 Å². The number of oxime groups is 1. The van der Waals surface area contributed by atoms with Crippen LogP contribution in [0.3, 0.4) is 0 Å². The first kappa shape index (κ1) is 16.8. The van der Waals surface area contributed by atoms with E-state index in [1.54, 1.807) is 0 Å². The largest absolute Gasteiger partial charge is 0.409 e. The molecular formula is C14H27N3O3. The number of nitrogens with two attached hydrogens (primary N) is 1. The van der Waals surface area contributed by atoms with E-state index in [2.05, 4.69) is 24.3 Å². The molecule has 1 rings (SSSR count). The minimum atomic E-state index is -0.842. The summed E-state index contributed by atoms with van der Waals surface area (Å²) in [6.45, 7) is 5.77. The van der Waals surface area contributed by atoms with Crippen LogP contribution in [0, 0.1) is 11.3 Å². The number of rotatable bonds is 7. The van der Waals surface area contributed by atoms with E-state index in [9.17, 15) is 4.79 Å². The summed E-state index contributed by atoms with van der Waals surface area (Å²) < 4.78 is 5.43. The van der Waals surface area contributed by atoms with Gasteiger partial charge in [-0.1, -0.05) is 38.3 Å². The Balaban J connectivity index is 2.48. The first-order chi connectivity index (χ1) is 9.53. The van der Waals surface area contributed by atoms with Crippen molar-refractivity contribution in [1.82, 2.24) is 5.32 Å². The molecular weight excluding hydrogens is 258 g/mol. The second-order valence-corrected chi connectivity index (χ2v) is 5.85. The lowest BCUT2D eigenvalue weighted by molar-refractivity contribution is -0.129. The predicted molar refractivity (Wildman–Crippen MR) is 77.6 cm³/mol. The fraction of sp³-hybridized carbons (Fsp3) is 0.857. The Hall–Kier alpha value is -1.30. The molecule has 0 bridgehead atoms. The molecule has 20 heavy (non-hydrogen) atoms. The molecule has 0 saturated heterocycles. The maximum absolute atomic E-state index is 12.4. The van der Waals surface area contributed by atoms with E-state index < -0.39 is 5.41 Å². The van der Waals surface area contributed by atoms with Crippen LogP contribution in [0.1, 0.15) is 46.0 Å². The van der Waals surface area contributed by atoms with Gasteiger partial charge in [0, 0.05) is 13.2 Å². The third-order valence-electron chi connectivity index (χ3n) is 3.72. The lowest BCUT2D eigenvalue weighted by Gasteiger charge is -2.34. The average molecular weight is 285 g/mol. The van der Waals surface area contributed by atoms with Gasteiger partial charge in [0.05, 0.1) is 6.61 Å². The van der Waals surface area contributed by atoms with Crippen LogP contribution in [-0.2, 0) is 9.53 Å². The van der Waals surface area contributed by atoms with Crippen molar-refractivity contribution < 1.29 is 14.7 Å². The van der Waals surface area contributed by atoms with Gasteiger partial charge in [-0.15, -0.1) is 0 Å². The van der Waals surface area contributed by atoms with Gasteiger partial charge in [-0.2, -0.15) is 0 Å². The van der Waals surface area contributed by atoms with Gasteiger partial charge in [-0.05, 0) is 18.8 Å². The van der Waals surface area contributed by atoms with E-state index in [4.69, 9.17) is 15.7 Å². The summed E-state index contributed by atoms with van der Waals surface area (Å²) in [7, 11) is 0. The number of hydrogen-bond donors (Lipinski definition) is 3. The second kappa shape index (κ2) is 8.09. The van der Waals surface area contributed by atoms with Crippen molar-refractivity contribution in [1.29, 1.82) is 0 Å². The minimum absolute atomic E-state index is 0.0257. The third kappa shape index (κ3) is 4.37. The Bertz CT molecular complexity index is 337. The maximum atomic E-state index is 12.4. The van der Waals surface area contributed by atoms with E-state index in [1.165, 1.54) is 0 Å². The molecule has 0 aromatic carbocycles. The fourth-order valence-corrected chi connectivity index (χ4v) is 2.58. The maximum Gasteiger partial charge on any atom is 0.234 e. The molecule has 0 aromatic heterocycles. The number of amides is 1. The Morgan fingerprint density at radius 2 is 2.05 bits per heavy atom. The minimum Gasteiger partial charge on any atom is -0.409 e. The van der Waals surface area contributed by atoms with Crippen LogP contribution in [0.15, 0.2) is 5.16 Å². The first-order valence-electron chi connectivity index (χ1n) is 7.37. The molecule has 0 unspecified atom stereocenters. The number of amidine groups is 1. The number of hydrogen-bond acceptors (Lipinski definition) is 4. The molecule has 0 spiro atoms. The van der Waals surface area contributed by atoms with Crippen molar-refractivity contribution in [3.8, 4) is 0 Å². The van der Waals surface area contributed by atoms with Gasteiger partial charge < -0.3 is 21.0 Å². The lowest BCUT2D eigenvalue weighted by Crippen LogP contribution is -2.51. The lowest BCUT2D eigenvalue weighted by atomic mass is 9.72. The smallest absolute Gasteiger partial charge is 0.234 e. The fourth-order valence-electron chi connectivity index (χ4n) is 2.58. The molecule has 1 aliphatic carbocycles. The van der Waals surface area contributed by atoms with Crippen molar-refractivity contribution in [2.75, 3.05) is 19.8 Å². The molecule has 1 amide bonds. The van der Waals surface area contributed by atoms with Gasteiger partial charge in [0.2, 0.25) is 5.91 Å². The van der Waals surface area contributed by atoms with Crippen LogP contribution in [0.4, 0.5) is 0 Å². The normalized spacial score (nSPS) is 19.1. The second-order valence-electron chi connectivity index (χ2n) is 5.85. The Morgan fingerprint density at radius 3 is 2.60 bits per heavy atom. The van der Waals surface area contributed by atoms with E-state index in [1.807, 2.05) is 0 Å². The van der Waals surface area contributed by atoms with Gasteiger partial charge in [-0.3, -0.25) is 4.79 Å². The van der Waals surface area contributed by atoms with Crippen LogP contribution in [0.2, 0.25) is 0 Å². The highest BCUT2D eigenvalue weighted by atomic mass is 16.5. The van der Waals surface area contributed by atoms with E-state index in [0.29, 0.717) is 38.5 Å². The standard InChI is InChI=1S/C14H27N3O3/c1-11(2)10-20-9-8-16-13(18)14(12(15)17-19)6-4-3-5-7-14/h11,19H,3-10H2,1-2H3,(H2,15,17)(H,16,18). The Kier molecular flexibility index (Phi) is 6.78. The zero-order chi connectivity index (χ0) is 15.0. The highest BCUT2D eigenvalue weighted by molar-refractivity contribution is 6.06. The van der Waals surface area contributed by atoms with Crippen molar-refractivity contribution in [2.24, 2.45) is 22.2 Å². The summed E-state index contributed by atoms with van der Waals surface area (Å²) in [5, 5.41) is 14.9. The molecule has 0 aliphatic heterocycles. The summed E-state index contributed by atoms with van der Waals surface area (Å²) in [5.41, 5.74) is 4.92. The van der Waals surface area contributed by atoms with Crippen LogP contribution in [0.25, 0.3) is 0 Å². The molecule has 1 saturated carbocycles. The van der Waals surface area contributed by atoms with Crippen molar-refractivity contribution in [3.63, 3.8) is 0 Å². The number of carbonyl (C=O) groups is 1. The monoisotopic (exact) mass is 285 g/mol. The van der Waals surface area contributed by atoms with Crippen LogP contribution >= 0.6 is 0 Å². The molecule has 0 heterocycles. The molecule has 6 nitrogen and oxygen atoms in total. The molecule has 0 radical (unpaired) electrons. The van der Waals surface area contributed by atoms with Crippen molar-refractivity contribution >= 4 is 11.7 Å². The Morgan fingerprint density at radius 1 is 1.40 bits per heavy atom.